The average molecular weight is 219 g/mol. The second kappa shape index (κ2) is 4.22. The van der Waals surface area contributed by atoms with Crippen LogP contribution in [-0.4, -0.2) is 28.8 Å². The largest absolute Gasteiger partial charge is 0.481 e. The first-order valence-corrected chi connectivity index (χ1v) is 4.82. The molecular formula is C11H13N3O2. The number of hydrogen-bond acceptors (Lipinski definition) is 4. The van der Waals surface area contributed by atoms with Crippen molar-refractivity contribution < 1.29 is 9.47 Å². The normalized spacial score (nSPS) is 10.2. The molecule has 84 valence electrons. The summed E-state index contributed by atoms with van der Waals surface area (Å²) in [5.41, 5.74) is 1.84. The highest BCUT2D eigenvalue weighted by atomic mass is 16.5. The fraction of sp³-hybridized carbons (Fsp3) is 0.273. The van der Waals surface area contributed by atoms with Crippen molar-refractivity contribution in [1.82, 2.24) is 14.5 Å². The zero-order valence-corrected chi connectivity index (χ0v) is 9.47. The van der Waals surface area contributed by atoms with Gasteiger partial charge in [-0.2, -0.15) is 4.98 Å². The number of imidazole rings is 1. The predicted octanol–water partition coefficient (Wildman–Crippen LogP) is 1.50. The van der Waals surface area contributed by atoms with Gasteiger partial charge in [-0.1, -0.05) is 0 Å². The van der Waals surface area contributed by atoms with Crippen LogP contribution in [0.2, 0.25) is 0 Å². The van der Waals surface area contributed by atoms with Crippen molar-refractivity contribution >= 4 is 0 Å². The molecular weight excluding hydrogens is 206 g/mol. The molecule has 0 fully saturated rings. The number of nitrogens with zero attached hydrogens (tertiary/aromatic N) is 3. The van der Waals surface area contributed by atoms with Crippen molar-refractivity contribution in [3.8, 4) is 23.0 Å². The Morgan fingerprint density at radius 2 is 2.00 bits per heavy atom. The molecule has 0 aliphatic heterocycles. The molecule has 0 aromatic carbocycles. The Labute approximate surface area is 93.7 Å². The monoisotopic (exact) mass is 219 g/mol. The Balaban J connectivity index is 2.53. The molecule has 2 heterocycles. The molecule has 5 heteroatoms. The van der Waals surface area contributed by atoms with Gasteiger partial charge >= 0.3 is 0 Å². The Kier molecular flexibility index (Phi) is 2.76. The lowest BCUT2D eigenvalue weighted by Gasteiger charge is -2.09. The smallest absolute Gasteiger partial charge is 0.225 e. The van der Waals surface area contributed by atoms with E-state index in [1.807, 2.05) is 17.7 Å². The van der Waals surface area contributed by atoms with Crippen LogP contribution in [0.3, 0.4) is 0 Å². The zero-order chi connectivity index (χ0) is 11.5. The third-order valence-corrected chi connectivity index (χ3v) is 2.33. The molecule has 16 heavy (non-hydrogen) atoms. The highest BCUT2D eigenvalue weighted by Crippen LogP contribution is 2.29. The SMILES string of the molecule is COc1ccc(-c2cncn2C)c(OC)n1. The van der Waals surface area contributed by atoms with Gasteiger partial charge < -0.3 is 14.0 Å². The fourth-order valence-corrected chi connectivity index (χ4v) is 1.50. The molecule has 0 N–H and O–H groups in total. The predicted molar refractivity (Wildman–Crippen MR) is 59.5 cm³/mol. The van der Waals surface area contributed by atoms with E-state index in [2.05, 4.69) is 9.97 Å². The van der Waals surface area contributed by atoms with Gasteiger partial charge in [-0.05, 0) is 6.07 Å². The number of hydrogen-bond donors (Lipinski definition) is 0. The van der Waals surface area contributed by atoms with Gasteiger partial charge in [-0.3, -0.25) is 0 Å². The molecule has 5 nitrogen and oxygen atoms in total. The molecule has 0 spiro atoms. The number of aryl methyl sites for hydroxylation is 1. The number of ether oxygens (including phenoxy) is 2. The first-order valence-electron chi connectivity index (χ1n) is 4.82. The highest BCUT2D eigenvalue weighted by Gasteiger charge is 2.11. The quantitative estimate of drug-likeness (QED) is 0.785. The van der Waals surface area contributed by atoms with Crippen molar-refractivity contribution in [1.29, 1.82) is 0 Å². The number of methoxy groups -OCH3 is 2. The van der Waals surface area contributed by atoms with Gasteiger partial charge in [0.2, 0.25) is 11.8 Å². The minimum absolute atomic E-state index is 0.530. The topological polar surface area (TPSA) is 49.2 Å². The highest BCUT2D eigenvalue weighted by molar-refractivity contribution is 5.65. The van der Waals surface area contributed by atoms with Crippen molar-refractivity contribution in [2.75, 3.05) is 14.2 Å². The van der Waals surface area contributed by atoms with Gasteiger partial charge in [0.05, 0.1) is 38.0 Å². The third kappa shape index (κ3) is 1.71. The second-order valence-electron chi connectivity index (χ2n) is 3.30. The number of rotatable bonds is 3. The maximum atomic E-state index is 5.23. The Hall–Kier alpha value is -2.04. The molecule has 0 unspecified atom stereocenters. The van der Waals surface area contributed by atoms with E-state index in [-0.39, 0.29) is 0 Å². The molecule has 0 aliphatic carbocycles. The van der Waals surface area contributed by atoms with E-state index in [4.69, 9.17) is 9.47 Å². The fourth-order valence-electron chi connectivity index (χ4n) is 1.50. The van der Waals surface area contributed by atoms with Crippen LogP contribution in [0, 0.1) is 0 Å². The summed E-state index contributed by atoms with van der Waals surface area (Å²) in [6, 6.07) is 3.70. The van der Waals surface area contributed by atoms with Crippen LogP contribution in [0.1, 0.15) is 0 Å². The van der Waals surface area contributed by atoms with Crippen LogP contribution in [0.5, 0.6) is 11.8 Å². The van der Waals surface area contributed by atoms with E-state index in [0.29, 0.717) is 11.8 Å². The van der Waals surface area contributed by atoms with Crippen molar-refractivity contribution in [3.63, 3.8) is 0 Å². The van der Waals surface area contributed by atoms with Crippen LogP contribution in [0.4, 0.5) is 0 Å². The van der Waals surface area contributed by atoms with Gasteiger partial charge in [0, 0.05) is 13.1 Å². The van der Waals surface area contributed by atoms with Gasteiger partial charge in [0.1, 0.15) is 0 Å². The summed E-state index contributed by atoms with van der Waals surface area (Å²) in [5, 5.41) is 0. The summed E-state index contributed by atoms with van der Waals surface area (Å²) in [5.74, 6) is 1.06. The lowest BCUT2D eigenvalue weighted by Crippen LogP contribution is -1.97. The molecule has 2 rings (SSSR count). The Morgan fingerprint density at radius 1 is 1.19 bits per heavy atom. The number of pyridine rings is 1. The van der Waals surface area contributed by atoms with E-state index >= 15 is 0 Å². The second-order valence-corrected chi connectivity index (χ2v) is 3.30. The van der Waals surface area contributed by atoms with Crippen molar-refractivity contribution in [2.24, 2.45) is 7.05 Å². The lowest BCUT2D eigenvalue weighted by molar-refractivity contribution is 0.365. The molecule has 0 amide bonds. The Morgan fingerprint density at radius 3 is 2.56 bits per heavy atom. The van der Waals surface area contributed by atoms with Gasteiger partial charge in [-0.25, -0.2) is 4.98 Å². The molecule has 0 bridgehead atoms. The van der Waals surface area contributed by atoms with E-state index < -0.39 is 0 Å². The summed E-state index contributed by atoms with van der Waals surface area (Å²) in [6.45, 7) is 0. The van der Waals surface area contributed by atoms with Crippen molar-refractivity contribution in [2.45, 2.75) is 0 Å². The first kappa shape index (κ1) is 10.5. The summed E-state index contributed by atoms with van der Waals surface area (Å²) in [7, 11) is 5.08. The lowest BCUT2D eigenvalue weighted by atomic mass is 10.2. The van der Waals surface area contributed by atoms with Gasteiger partial charge in [0.25, 0.3) is 0 Å². The average Bonchev–Trinajstić information content (AvgIpc) is 2.74. The maximum Gasteiger partial charge on any atom is 0.225 e. The minimum Gasteiger partial charge on any atom is -0.481 e. The summed E-state index contributed by atoms with van der Waals surface area (Å²) >= 11 is 0. The van der Waals surface area contributed by atoms with E-state index in [0.717, 1.165) is 11.3 Å². The van der Waals surface area contributed by atoms with Crippen LogP contribution in [-0.2, 0) is 7.05 Å². The standard InChI is InChI=1S/C11H13N3O2/c1-14-7-12-6-9(14)8-4-5-10(15-2)13-11(8)16-3/h4-7H,1-3H3. The van der Waals surface area contributed by atoms with Crippen LogP contribution in [0.25, 0.3) is 11.3 Å². The molecule has 0 aliphatic rings. The molecule has 0 saturated carbocycles. The maximum absolute atomic E-state index is 5.23. The van der Waals surface area contributed by atoms with Crippen LogP contribution >= 0.6 is 0 Å². The van der Waals surface area contributed by atoms with Crippen molar-refractivity contribution in [3.05, 3.63) is 24.7 Å². The van der Waals surface area contributed by atoms with E-state index in [1.54, 1.807) is 32.8 Å². The first-order chi connectivity index (χ1) is 7.76. The van der Waals surface area contributed by atoms with E-state index in [1.165, 1.54) is 0 Å². The minimum atomic E-state index is 0.530. The Bertz CT molecular complexity index is 494. The van der Waals surface area contributed by atoms with Crippen LogP contribution < -0.4 is 9.47 Å². The van der Waals surface area contributed by atoms with Gasteiger partial charge in [0.15, 0.2) is 0 Å². The molecule has 0 radical (unpaired) electrons. The molecule has 2 aromatic rings. The van der Waals surface area contributed by atoms with E-state index in [9.17, 15) is 0 Å². The third-order valence-electron chi connectivity index (χ3n) is 2.33. The summed E-state index contributed by atoms with van der Waals surface area (Å²) in [4.78, 5) is 8.29. The summed E-state index contributed by atoms with van der Waals surface area (Å²) in [6.07, 6.45) is 3.50. The molecule has 2 aromatic heterocycles. The summed E-state index contributed by atoms with van der Waals surface area (Å²) < 4.78 is 12.2. The molecule has 0 saturated heterocycles. The number of aromatic nitrogens is 3. The van der Waals surface area contributed by atoms with Crippen LogP contribution in [0.15, 0.2) is 24.7 Å². The zero-order valence-electron chi connectivity index (χ0n) is 9.47. The van der Waals surface area contributed by atoms with Gasteiger partial charge in [-0.15, -0.1) is 0 Å². The molecule has 0 atom stereocenters.